The average Bonchev–Trinajstić information content (AvgIpc) is 2.46. The van der Waals surface area contributed by atoms with E-state index in [0.717, 1.165) is 36.9 Å². The van der Waals surface area contributed by atoms with E-state index in [-0.39, 0.29) is 11.7 Å². The number of aliphatic imine (C=N–C) groups is 2. The van der Waals surface area contributed by atoms with Crippen LogP contribution in [-0.4, -0.2) is 23.4 Å². The van der Waals surface area contributed by atoms with Crippen molar-refractivity contribution in [2.75, 3.05) is 4.90 Å². The smallest absolute Gasteiger partial charge is 0.220 e. The molecule has 1 aromatic rings. The highest BCUT2D eigenvalue weighted by Gasteiger charge is 2.43. The lowest BCUT2D eigenvalue weighted by Crippen LogP contribution is -2.58. The van der Waals surface area contributed by atoms with Crippen molar-refractivity contribution in [3.63, 3.8) is 0 Å². The number of benzene rings is 1. The SMILES string of the molecule is CC(=O)c1ccc(C)cc1N1C(N)=NC(N)=NC12CCCCC2. The summed E-state index contributed by atoms with van der Waals surface area (Å²) < 4.78 is 0. The summed E-state index contributed by atoms with van der Waals surface area (Å²) in [5.74, 6) is 0.534. The van der Waals surface area contributed by atoms with Gasteiger partial charge in [0.2, 0.25) is 11.9 Å². The maximum Gasteiger partial charge on any atom is 0.220 e. The zero-order valence-electron chi connectivity index (χ0n) is 13.7. The summed E-state index contributed by atoms with van der Waals surface area (Å²) in [7, 11) is 0. The fourth-order valence-electron chi connectivity index (χ4n) is 3.59. The van der Waals surface area contributed by atoms with Crippen LogP contribution in [0.5, 0.6) is 0 Å². The Morgan fingerprint density at radius 1 is 1.22 bits per heavy atom. The topological polar surface area (TPSA) is 97.1 Å². The summed E-state index contributed by atoms with van der Waals surface area (Å²) >= 11 is 0. The molecule has 6 nitrogen and oxygen atoms in total. The molecule has 0 bridgehead atoms. The molecule has 1 aliphatic heterocycles. The number of Topliss-reactive ketones (excluding diaryl/α,β-unsaturated/α-hetero) is 1. The van der Waals surface area contributed by atoms with Crippen LogP contribution >= 0.6 is 0 Å². The van der Waals surface area contributed by atoms with Gasteiger partial charge < -0.3 is 11.5 Å². The highest BCUT2D eigenvalue weighted by molar-refractivity contribution is 6.10. The van der Waals surface area contributed by atoms with Gasteiger partial charge in [-0.05, 0) is 57.2 Å². The molecule has 122 valence electrons. The Labute approximate surface area is 136 Å². The molecule has 1 saturated carbocycles. The number of hydrogen-bond donors (Lipinski definition) is 2. The molecule has 0 unspecified atom stereocenters. The van der Waals surface area contributed by atoms with Crippen LogP contribution in [0.25, 0.3) is 0 Å². The standard InChI is InChI=1S/C17H23N5O/c1-11-6-7-13(12(2)23)14(10-11)22-16(19)20-15(18)21-17(22)8-4-3-5-9-17/h6-7,10H,3-5,8-9H2,1-2H3,(H4,18,19,20,21). The van der Waals surface area contributed by atoms with Crippen LogP contribution in [0, 0.1) is 6.92 Å². The molecule has 1 spiro atoms. The number of guanidine groups is 2. The second-order valence-corrected chi connectivity index (χ2v) is 6.40. The van der Waals surface area contributed by atoms with Crippen LogP contribution in [0.3, 0.4) is 0 Å². The van der Waals surface area contributed by atoms with E-state index >= 15 is 0 Å². The third-order valence-corrected chi connectivity index (χ3v) is 4.62. The summed E-state index contributed by atoms with van der Waals surface area (Å²) in [6.45, 7) is 3.56. The van der Waals surface area contributed by atoms with Gasteiger partial charge in [0.25, 0.3) is 0 Å². The van der Waals surface area contributed by atoms with E-state index in [0.29, 0.717) is 11.5 Å². The highest BCUT2D eigenvalue weighted by atomic mass is 16.1. The summed E-state index contributed by atoms with van der Waals surface area (Å²) in [6, 6.07) is 5.76. The minimum atomic E-state index is -0.522. The molecular weight excluding hydrogens is 290 g/mol. The fraction of sp³-hybridized carbons (Fsp3) is 0.471. The van der Waals surface area contributed by atoms with Crippen LogP contribution in [0.15, 0.2) is 28.2 Å². The second-order valence-electron chi connectivity index (χ2n) is 6.40. The molecule has 0 aromatic heterocycles. The van der Waals surface area contributed by atoms with Crippen molar-refractivity contribution >= 4 is 23.4 Å². The Bertz CT molecular complexity index is 701. The van der Waals surface area contributed by atoms with Crippen molar-refractivity contribution in [2.45, 2.75) is 51.6 Å². The first kappa shape index (κ1) is 15.5. The highest BCUT2D eigenvalue weighted by Crippen LogP contribution is 2.40. The molecule has 1 aromatic carbocycles. The summed E-state index contributed by atoms with van der Waals surface area (Å²) in [5, 5.41) is 0. The number of ketones is 1. The zero-order valence-corrected chi connectivity index (χ0v) is 13.7. The van der Waals surface area contributed by atoms with Crippen molar-refractivity contribution < 1.29 is 4.79 Å². The maximum absolute atomic E-state index is 12.1. The molecule has 1 fully saturated rings. The van der Waals surface area contributed by atoms with Crippen molar-refractivity contribution in [1.29, 1.82) is 0 Å². The molecular formula is C17H23N5O. The Kier molecular flexibility index (Phi) is 3.83. The quantitative estimate of drug-likeness (QED) is 0.819. The average molecular weight is 313 g/mol. The molecule has 0 amide bonds. The molecule has 3 rings (SSSR count). The van der Waals surface area contributed by atoms with Gasteiger partial charge in [-0.15, -0.1) is 0 Å². The van der Waals surface area contributed by atoms with Gasteiger partial charge in [-0.1, -0.05) is 12.5 Å². The largest absolute Gasteiger partial charge is 0.369 e. The van der Waals surface area contributed by atoms with Gasteiger partial charge in [0.15, 0.2) is 5.78 Å². The normalized spacial score (nSPS) is 20.2. The van der Waals surface area contributed by atoms with E-state index in [9.17, 15) is 4.79 Å². The lowest BCUT2D eigenvalue weighted by atomic mass is 9.86. The molecule has 2 aliphatic rings. The molecule has 1 aliphatic carbocycles. The van der Waals surface area contributed by atoms with E-state index in [1.807, 2.05) is 30.0 Å². The van der Waals surface area contributed by atoms with Crippen LogP contribution in [-0.2, 0) is 0 Å². The van der Waals surface area contributed by atoms with Crippen LogP contribution in [0.4, 0.5) is 5.69 Å². The van der Waals surface area contributed by atoms with Crippen LogP contribution in [0.1, 0.15) is 54.9 Å². The van der Waals surface area contributed by atoms with Crippen LogP contribution < -0.4 is 16.4 Å². The molecule has 4 N–H and O–H groups in total. The lowest BCUT2D eigenvalue weighted by molar-refractivity contribution is 0.101. The predicted molar refractivity (Wildman–Crippen MR) is 92.7 cm³/mol. The number of rotatable bonds is 2. The Balaban J connectivity index is 2.18. The first-order valence-corrected chi connectivity index (χ1v) is 8.04. The third kappa shape index (κ3) is 2.69. The van der Waals surface area contributed by atoms with E-state index in [1.54, 1.807) is 6.92 Å². The number of nitrogens with two attached hydrogens (primary N) is 2. The minimum Gasteiger partial charge on any atom is -0.369 e. The Morgan fingerprint density at radius 2 is 1.91 bits per heavy atom. The van der Waals surface area contributed by atoms with Crippen molar-refractivity contribution in [3.8, 4) is 0 Å². The lowest BCUT2D eigenvalue weighted by Gasteiger charge is -2.46. The van der Waals surface area contributed by atoms with Gasteiger partial charge in [0.1, 0.15) is 5.66 Å². The summed E-state index contributed by atoms with van der Waals surface area (Å²) in [4.78, 5) is 22.8. The van der Waals surface area contributed by atoms with E-state index in [1.165, 1.54) is 6.42 Å². The minimum absolute atomic E-state index is 0.00119. The number of hydrogen-bond acceptors (Lipinski definition) is 6. The first-order chi connectivity index (χ1) is 10.9. The molecule has 0 saturated heterocycles. The Morgan fingerprint density at radius 3 is 2.57 bits per heavy atom. The second kappa shape index (κ2) is 5.68. The van der Waals surface area contributed by atoms with Gasteiger partial charge in [0, 0.05) is 5.56 Å². The maximum atomic E-state index is 12.1. The number of anilines is 1. The number of aryl methyl sites for hydroxylation is 1. The van der Waals surface area contributed by atoms with E-state index in [2.05, 4.69) is 9.98 Å². The number of nitrogens with zero attached hydrogens (tertiary/aromatic N) is 3. The van der Waals surface area contributed by atoms with Gasteiger partial charge in [-0.3, -0.25) is 9.69 Å². The fourth-order valence-corrected chi connectivity index (χ4v) is 3.59. The first-order valence-electron chi connectivity index (χ1n) is 8.04. The zero-order chi connectivity index (χ0) is 16.6. The van der Waals surface area contributed by atoms with Gasteiger partial charge in [-0.25, -0.2) is 4.99 Å². The van der Waals surface area contributed by atoms with E-state index < -0.39 is 5.66 Å². The summed E-state index contributed by atoms with van der Waals surface area (Å²) in [5.41, 5.74) is 14.1. The number of carbonyl (C=O) groups is 1. The van der Waals surface area contributed by atoms with E-state index in [4.69, 9.17) is 11.5 Å². The van der Waals surface area contributed by atoms with Gasteiger partial charge in [-0.2, -0.15) is 4.99 Å². The van der Waals surface area contributed by atoms with Crippen molar-refractivity contribution in [2.24, 2.45) is 21.5 Å². The summed E-state index contributed by atoms with van der Waals surface area (Å²) in [6.07, 6.45) is 5.00. The van der Waals surface area contributed by atoms with Gasteiger partial charge in [0.05, 0.1) is 5.69 Å². The molecule has 6 heteroatoms. The monoisotopic (exact) mass is 313 g/mol. The van der Waals surface area contributed by atoms with Crippen molar-refractivity contribution in [1.82, 2.24) is 0 Å². The van der Waals surface area contributed by atoms with Crippen LogP contribution in [0.2, 0.25) is 0 Å². The third-order valence-electron chi connectivity index (χ3n) is 4.62. The number of carbonyl (C=O) groups excluding carboxylic acids is 1. The Hall–Kier alpha value is -2.37. The van der Waals surface area contributed by atoms with Crippen molar-refractivity contribution in [3.05, 3.63) is 29.3 Å². The molecule has 23 heavy (non-hydrogen) atoms. The predicted octanol–water partition coefficient (Wildman–Crippen LogP) is 2.31. The van der Waals surface area contributed by atoms with Gasteiger partial charge >= 0.3 is 0 Å². The molecule has 1 heterocycles. The molecule has 0 atom stereocenters. The molecule has 0 radical (unpaired) electrons.